The Labute approximate surface area is 156 Å². The molecule has 27 heavy (non-hydrogen) atoms. The van der Waals surface area contributed by atoms with Crippen LogP contribution in [0.25, 0.3) is 0 Å². The average Bonchev–Trinajstić information content (AvgIpc) is 2.63. The van der Waals surface area contributed by atoms with Crippen molar-refractivity contribution in [2.24, 2.45) is 0 Å². The molecule has 0 atom stereocenters. The van der Waals surface area contributed by atoms with Crippen molar-refractivity contribution < 1.29 is 17.9 Å². The van der Waals surface area contributed by atoms with Gasteiger partial charge in [-0.1, -0.05) is 0 Å². The molecule has 5 nitrogen and oxygen atoms in total. The average molecular weight is 380 g/mol. The molecule has 0 amide bonds. The lowest BCUT2D eigenvalue weighted by Crippen LogP contribution is -2.39. The molecule has 1 aromatic heterocycles. The number of piperidine rings is 1. The number of halogens is 3. The molecule has 1 aromatic carbocycles. The Morgan fingerprint density at radius 2 is 1.74 bits per heavy atom. The van der Waals surface area contributed by atoms with Crippen LogP contribution in [0, 0.1) is 0 Å². The van der Waals surface area contributed by atoms with Gasteiger partial charge in [0.15, 0.2) is 0 Å². The van der Waals surface area contributed by atoms with Crippen molar-refractivity contribution in [1.29, 1.82) is 0 Å². The van der Waals surface area contributed by atoms with Gasteiger partial charge >= 0.3 is 6.36 Å². The summed E-state index contributed by atoms with van der Waals surface area (Å²) in [5.74, 6) is 0.238. The third-order valence-corrected chi connectivity index (χ3v) is 4.55. The van der Waals surface area contributed by atoms with Crippen molar-refractivity contribution in [3.8, 4) is 5.75 Å². The molecule has 2 heterocycles. The normalized spacial score (nSPS) is 15.5. The number of anilines is 3. The van der Waals surface area contributed by atoms with Gasteiger partial charge in [0.05, 0.1) is 6.20 Å². The molecule has 0 unspecified atom stereocenters. The molecule has 0 spiro atoms. The van der Waals surface area contributed by atoms with Crippen molar-refractivity contribution in [2.45, 2.75) is 25.2 Å². The van der Waals surface area contributed by atoms with Crippen molar-refractivity contribution in [3.05, 3.63) is 42.6 Å². The minimum absolute atomic E-state index is 0.240. The van der Waals surface area contributed by atoms with E-state index < -0.39 is 6.36 Å². The van der Waals surface area contributed by atoms with E-state index in [0.29, 0.717) is 5.82 Å². The highest BCUT2D eigenvalue weighted by atomic mass is 19.4. The number of aromatic nitrogens is 1. The van der Waals surface area contributed by atoms with Crippen LogP contribution in [-0.2, 0) is 0 Å². The standard InChI is InChI=1S/C19H23F3N4O/c1-25(2)15-3-5-16(6-4-15)26-11-9-14(10-12-26)24-18-8-7-17(13-23-18)27-19(20,21)22/h3-8,13-14H,9-12H2,1-2H3,(H,23,24). The van der Waals surface area contributed by atoms with Gasteiger partial charge in [0.25, 0.3) is 0 Å². The minimum Gasteiger partial charge on any atom is -0.404 e. The number of nitrogens with zero attached hydrogens (tertiary/aromatic N) is 3. The summed E-state index contributed by atoms with van der Waals surface area (Å²) >= 11 is 0. The minimum atomic E-state index is -4.70. The smallest absolute Gasteiger partial charge is 0.404 e. The number of rotatable bonds is 5. The van der Waals surface area contributed by atoms with E-state index in [1.54, 1.807) is 0 Å². The van der Waals surface area contributed by atoms with Crippen LogP contribution in [0.4, 0.5) is 30.4 Å². The summed E-state index contributed by atoms with van der Waals surface area (Å²) in [6.45, 7) is 1.82. The highest BCUT2D eigenvalue weighted by Gasteiger charge is 2.31. The maximum absolute atomic E-state index is 12.2. The van der Waals surface area contributed by atoms with E-state index in [-0.39, 0.29) is 11.8 Å². The molecule has 2 aromatic rings. The Balaban J connectivity index is 1.50. The zero-order valence-electron chi connectivity index (χ0n) is 15.3. The monoisotopic (exact) mass is 380 g/mol. The molecule has 1 N–H and O–H groups in total. The van der Waals surface area contributed by atoms with Crippen molar-refractivity contribution >= 4 is 17.2 Å². The number of alkyl halides is 3. The highest BCUT2D eigenvalue weighted by molar-refractivity contribution is 5.56. The van der Waals surface area contributed by atoms with Gasteiger partial charge in [-0.2, -0.15) is 0 Å². The summed E-state index contributed by atoms with van der Waals surface area (Å²) < 4.78 is 40.4. The van der Waals surface area contributed by atoms with E-state index in [4.69, 9.17) is 0 Å². The molecular formula is C19H23F3N4O. The SMILES string of the molecule is CN(C)c1ccc(N2CCC(Nc3ccc(OC(F)(F)F)cn3)CC2)cc1. The molecule has 8 heteroatoms. The molecule has 1 saturated heterocycles. The molecular weight excluding hydrogens is 357 g/mol. The van der Waals surface area contributed by atoms with Crippen LogP contribution in [0.1, 0.15) is 12.8 Å². The van der Waals surface area contributed by atoms with E-state index >= 15 is 0 Å². The Morgan fingerprint density at radius 1 is 1.07 bits per heavy atom. The quantitative estimate of drug-likeness (QED) is 0.845. The zero-order chi connectivity index (χ0) is 19.4. The Hall–Kier alpha value is -2.64. The van der Waals surface area contributed by atoms with Crippen LogP contribution in [0.3, 0.4) is 0 Å². The molecule has 3 rings (SSSR count). The fourth-order valence-electron chi connectivity index (χ4n) is 3.11. The topological polar surface area (TPSA) is 40.6 Å². The van der Waals surface area contributed by atoms with E-state index in [2.05, 4.69) is 49.1 Å². The lowest BCUT2D eigenvalue weighted by Gasteiger charge is -2.34. The summed E-state index contributed by atoms with van der Waals surface area (Å²) in [6, 6.07) is 11.5. The summed E-state index contributed by atoms with van der Waals surface area (Å²) in [7, 11) is 4.03. The third-order valence-electron chi connectivity index (χ3n) is 4.55. The first-order chi connectivity index (χ1) is 12.8. The largest absolute Gasteiger partial charge is 0.573 e. The van der Waals surface area contributed by atoms with E-state index in [9.17, 15) is 13.2 Å². The van der Waals surface area contributed by atoms with Crippen molar-refractivity contribution in [3.63, 3.8) is 0 Å². The summed E-state index contributed by atoms with van der Waals surface area (Å²) in [6.07, 6.45) is -1.76. The Morgan fingerprint density at radius 3 is 2.26 bits per heavy atom. The molecule has 0 bridgehead atoms. The number of benzene rings is 1. The second-order valence-corrected chi connectivity index (χ2v) is 6.74. The fraction of sp³-hybridized carbons (Fsp3) is 0.421. The lowest BCUT2D eigenvalue weighted by molar-refractivity contribution is -0.274. The molecule has 0 aliphatic carbocycles. The maximum Gasteiger partial charge on any atom is 0.573 e. The second kappa shape index (κ2) is 7.94. The van der Waals surface area contributed by atoms with Crippen LogP contribution >= 0.6 is 0 Å². The van der Waals surface area contributed by atoms with Crippen molar-refractivity contribution in [1.82, 2.24) is 4.98 Å². The van der Waals surface area contributed by atoms with Gasteiger partial charge in [-0.05, 0) is 49.2 Å². The number of pyridine rings is 1. The van der Waals surface area contributed by atoms with Crippen LogP contribution in [0.15, 0.2) is 42.6 Å². The first-order valence-corrected chi connectivity index (χ1v) is 8.81. The second-order valence-electron chi connectivity index (χ2n) is 6.74. The van der Waals surface area contributed by atoms with Crippen LogP contribution in [0.2, 0.25) is 0 Å². The van der Waals surface area contributed by atoms with Gasteiger partial charge in [-0.25, -0.2) is 4.98 Å². The third kappa shape index (κ3) is 5.42. The first kappa shape index (κ1) is 19.1. The zero-order valence-corrected chi connectivity index (χ0v) is 15.3. The lowest BCUT2D eigenvalue weighted by atomic mass is 10.0. The van der Waals surface area contributed by atoms with Gasteiger partial charge in [-0.3, -0.25) is 0 Å². The molecule has 1 aliphatic heterocycles. The van der Waals surface area contributed by atoms with Gasteiger partial charge in [0.1, 0.15) is 11.6 Å². The molecule has 1 fully saturated rings. The summed E-state index contributed by atoms with van der Waals surface area (Å²) in [5, 5.41) is 3.29. The predicted octanol–water partition coefficient (Wildman–Crippen LogP) is 4.13. The molecule has 146 valence electrons. The van der Waals surface area contributed by atoms with Gasteiger partial charge in [-0.15, -0.1) is 13.2 Å². The number of hydrogen-bond acceptors (Lipinski definition) is 5. The predicted molar refractivity (Wildman–Crippen MR) is 101 cm³/mol. The number of ether oxygens (including phenoxy) is 1. The summed E-state index contributed by atoms with van der Waals surface area (Å²) in [4.78, 5) is 8.41. The van der Waals surface area contributed by atoms with E-state index in [1.807, 2.05) is 14.1 Å². The van der Waals surface area contributed by atoms with Crippen LogP contribution in [-0.4, -0.2) is 44.6 Å². The van der Waals surface area contributed by atoms with E-state index in [0.717, 1.165) is 32.1 Å². The van der Waals surface area contributed by atoms with Gasteiger partial charge < -0.3 is 19.9 Å². The first-order valence-electron chi connectivity index (χ1n) is 8.81. The number of hydrogen-bond donors (Lipinski definition) is 1. The van der Waals surface area contributed by atoms with Gasteiger partial charge in [0, 0.05) is 44.6 Å². The molecule has 0 saturated carbocycles. The number of nitrogens with one attached hydrogen (secondary N) is 1. The highest BCUT2D eigenvalue weighted by Crippen LogP contribution is 2.25. The maximum atomic E-state index is 12.2. The summed E-state index contributed by atoms with van der Waals surface area (Å²) in [5.41, 5.74) is 2.37. The fourth-order valence-corrected chi connectivity index (χ4v) is 3.11. The molecule has 1 aliphatic rings. The van der Waals surface area contributed by atoms with Gasteiger partial charge in [0.2, 0.25) is 0 Å². The Bertz CT molecular complexity index is 724. The van der Waals surface area contributed by atoms with Crippen LogP contribution in [0.5, 0.6) is 5.75 Å². The van der Waals surface area contributed by atoms with Crippen LogP contribution < -0.4 is 19.9 Å². The van der Waals surface area contributed by atoms with E-state index in [1.165, 1.54) is 23.5 Å². The van der Waals surface area contributed by atoms with Crippen molar-refractivity contribution in [2.75, 3.05) is 42.3 Å². The molecule has 0 radical (unpaired) electrons. The Kier molecular flexibility index (Phi) is 5.62.